The maximum absolute atomic E-state index is 6.28. The van der Waals surface area contributed by atoms with E-state index in [1.165, 1.54) is 6.33 Å². The van der Waals surface area contributed by atoms with Gasteiger partial charge in [-0.2, -0.15) is 0 Å². The number of hydrogen-bond acceptors (Lipinski definition) is 7. The molecule has 9 heteroatoms. The number of hydrogen-bond donors (Lipinski definition) is 1. The van der Waals surface area contributed by atoms with Crippen LogP contribution in [0.5, 0.6) is 11.5 Å². The number of fused-ring (bicyclic) bond motifs is 2. The normalized spacial score (nSPS) is 24.9. The Morgan fingerprint density at radius 3 is 2.74 bits per heavy atom. The summed E-state index contributed by atoms with van der Waals surface area (Å²) < 4.78 is 24.5. The third-order valence-electron chi connectivity index (χ3n) is 5.64. The second kappa shape index (κ2) is 8.43. The molecule has 1 aromatic heterocycles. The quantitative estimate of drug-likeness (QED) is 0.523. The van der Waals surface area contributed by atoms with Crippen molar-refractivity contribution < 1.29 is 18.9 Å². The number of aromatic nitrogens is 2. The zero-order valence-corrected chi connectivity index (χ0v) is 19.3. The maximum atomic E-state index is 6.28. The lowest BCUT2D eigenvalue weighted by atomic mass is 10.0. The molecule has 1 N–H and O–H groups in total. The highest BCUT2D eigenvalue weighted by Crippen LogP contribution is 2.39. The first-order chi connectivity index (χ1) is 15.0. The lowest BCUT2D eigenvalue weighted by Crippen LogP contribution is -2.33. The molecule has 2 aliphatic rings. The van der Waals surface area contributed by atoms with Crippen LogP contribution in [0.3, 0.4) is 0 Å². The lowest BCUT2D eigenvalue weighted by molar-refractivity contribution is 0.0289. The van der Waals surface area contributed by atoms with Crippen LogP contribution in [0.1, 0.15) is 6.92 Å². The molecule has 2 aromatic carbocycles. The van der Waals surface area contributed by atoms with Crippen LogP contribution in [-0.2, 0) is 9.47 Å². The second-order valence-electron chi connectivity index (χ2n) is 7.73. The first-order valence-electron chi connectivity index (χ1n) is 9.98. The van der Waals surface area contributed by atoms with E-state index in [9.17, 15) is 0 Å². The zero-order valence-electron chi connectivity index (χ0n) is 17.0. The summed E-state index contributed by atoms with van der Waals surface area (Å²) >= 11 is 9.62. The number of anilines is 2. The van der Waals surface area contributed by atoms with Gasteiger partial charge in [-0.3, -0.25) is 0 Å². The van der Waals surface area contributed by atoms with Crippen molar-refractivity contribution in [3.8, 4) is 11.5 Å². The molecule has 0 spiro atoms. The van der Waals surface area contributed by atoms with Crippen LogP contribution in [0.15, 0.2) is 41.1 Å². The molecule has 2 fully saturated rings. The highest BCUT2D eigenvalue weighted by atomic mass is 79.9. The number of benzene rings is 2. The molecule has 4 atom stereocenters. The molecule has 0 radical (unpaired) electrons. The first-order valence-corrected chi connectivity index (χ1v) is 11.2. The van der Waals surface area contributed by atoms with E-state index in [2.05, 4.69) is 38.1 Å². The Kier molecular flexibility index (Phi) is 5.64. The highest BCUT2D eigenvalue weighted by Gasteiger charge is 2.47. The van der Waals surface area contributed by atoms with Crippen molar-refractivity contribution in [3.05, 3.63) is 46.2 Å². The number of rotatable bonds is 5. The minimum Gasteiger partial charge on any atom is -0.493 e. The van der Waals surface area contributed by atoms with Crippen LogP contribution in [0.25, 0.3) is 10.9 Å². The van der Waals surface area contributed by atoms with Crippen molar-refractivity contribution in [2.45, 2.75) is 25.2 Å². The summed E-state index contributed by atoms with van der Waals surface area (Å²) in [5.74, 6) is 2.20. The van der Waals surface area contributed by atoms with Crippen molar-refractivity contribution >= 4 is 49.9 Å². The largest absolute Gasteiger partial charge is 0.493 e. The molecular formula is C22H21BrClN3O4. The first kappa shape index (κ1) is 20.8. The summed E-state index contributed by atoms with van der Waals surface area (Å²) in [6, 6.07) is 9.36. The Bertz CT molecular complexity index is 1130. The zero-order chi connectivity index (χ0) is 21.5. The van der Waals surface area contributed by atoms with Gasteiger partial charge in [-0.05, 0) is 40.2 Å². The van der Waals surface area contributed by atoms with Gasteiger partial charge < -0.3 is 24.3 Å². The molecule has 0 amide bonds. The molecule has 5 rings (SSSR count). The average molecular weight is 507 g/mol. The highest BCUT2D eigenvalue weighted by molar-refractivity contribution is 9.10. The van der Waals surface area contributed by atoms with Gasteiger partial charge in [0.05, 0.1) is 37.0 Å². The molecule has 2 saturated heterocycles. The van der Waals surface area contributed by atoms with Gasteiger partial charge in [0.1, 0.15) is 18.2 Å². The van der Waals surface area contributed by atoms with E-state index in [1.54, 1.807) is 7.11 Å². The molecule has 31 heavy (non-hydrogen) atoms. The second-order valence-corrected chi connectivity index (χ2v) is 8.99. The van der Waals surface area contributed by atoms with Crippen LogP contribution < -0.4 is 14.8 Å². The molecule has 3 heterocycles. The fourth-order valence-electron chi connectivity index (χ4n) is 4.05. The maximum Gasteiger partial charge on any atom is 0.164 e. The fraction of sp³-hybridized carbons (Fsp3) is 0.364. The lowest BCUT2D eigenvalue weighted by Gasteiger charge is -2.20. The van der Waals surface area contributed by atoms with Gasteiger partial charge in [0.25, 0.3) is 0 Å². The van der Waals surface area contributed by atoms with E-state index in [1.807, 2.05) is 30.3 Å². The molecule has 0 saturated carbocycles. The Labute approximate surface area is 193 Å². The van der Waals surface area contributed by atoms with E-state index < -0.39 is 0 Å². The summed E-state index contributed by atoms with van der Waals surface area (Å²) in [4.78, 5) is 8.82. The Hall–Kier alpha value is -2.13. The van der Waals surface area contributed by atoms with Crippen molar-refractivity contribution in [1.29, 1.82) is 0 Å². The van der Waals surface area contributed by atoms with E-state index in [0.29, 0.717) is 41.5 Å². The van der Waals surface area contributed by atoms with E-state index >= 15 is 0 Å². The monoisotopic (exact) mass is 505 g/mol. The molecule has 2 aliphatic heterocycles. The van der Waals surface area contributed by atoms with Crippen molar-refractivity contribution in [2.24, 2.45) is 5.92 Å². The predicted octanol–water partition coefficient (Wildman–Crippen LogP) is 4.98. The van der Waals surface area contributed by atoms with Gasteiger partial charge in [0, 0.05) is 27.5 Å². The summed E-state index contributed by atoms with van der Waals surface area (Å²) in [7, 11) is 1.61. The van der Waals surface area contributed by atoms with Gasteiger partial charge in [-0.1, -0.05) is 18.5 Å². The van der Waals surface area contributed by atoms with Crippen molar-refractivity contribution in [3.63, 3.8) is 0 Å². The number of nitrogens with one attached hydrogen (secondary N) is 1. The summed E-state index contributed by atoms with van der Waals surface area (Å²) in [5.41, 5.74) is 1.54. The topological polar surface area (TPSA) is 74.7 Å². The van der Waals surface area contributed by atoms with Crippen LogP contribution in [0.4, 0.5) is 11.5 Å². The minimum atomic E-state index is -0.189. The molecular weight excluding hydrogens is 486 g/mol. The Morgan fingerprint density at radius 2 is 1.94 bits per heavy atom. The van der Waals surface area contributed by atoms with Gasteiger partial charge >= 0.3 is 0 Å². The third kappa shape index (κ3) is 3.93. The SMILES string of the molecule is COc1cc2c(Nc3ccc(Br)c(Cl)c3)ncnc2cc1O[C@@H]1CO[C@@H]2[C@H]1OC[C@H]2C. The molecule has 0 unspecified atom stereocenters. The predicted molar refractivity (Wildman–Crippen MR) is 122 cm³/mol. The fourth-order valence-corrected chi connectivity index (χ4v) is 4.47. The summed E-state index contributed by atoms with van der Waals surface area (Å²) in [6.07, 6.45) is 1.33. The van der Waals surface area contributed by atoms with Crippen molar-refractivity contribution in [1.82, 2.24) is 9.97 Å². The Balaban J connectivity index is 1.45. The van der Waals surface area contributed by atoms with Gasteiger partial charge in [0.2, 0.25) is 0 Å². The minimum absolute atomic E-state index is 0.0693. The molecule has 3 aromatic rings. The van der Waals surface area contributed by atoms with Gasteiger partial charge in [0.15, 0.2) is 17.6 Å². The number of methoxy groups -OCH3 is 1. The molecule has 7 nitrogen and oxygen atoms in total. The third-order valence-corrected chi connectivity index (χ3v) is 6.87. The van der Waals surface area contributed by atoms with Gasteiger partial charge in [-0.25, -0.2) is 9.97 Å². The summed E-state index contributed by atoms with van der Waals surface area (Å²) in [6.45, 7) is 3.31. The molecule has 0 aliphatic carbocycles. The van der Waals surface area contributed by atoms with Crippen LogP contribution >= 0.6 is 27.5 Å². The van der Waals surface area contributed by atoms with Gasteiger partial charge in [-0.15, -0.1) is 0 Å². The van der Waals surface area contributed by atoms with Crippen LogP contribution in [-0.4, -0.2) is 48.6 Å². The summed E-state index contributed by atoms with van der Waals surface area (Å²) in [5, 5.41) is 4.71. The Morgan fingerprint density at radius 1 is 1.10 bits per heavy atom. The molecule has 0 bridgehead atoms. The molecule has 162 valence electrons. The van der Waals surface area contributed by atoms with E-state index in [-0.39, 0.29) is 18.3 Å². The standard InChI is InChI=1S/C22H21BrClN3O4/c1-11-8-29-21-19(9-30-20(11)21)31-18-7-16-13(6-17(18)28-2)22(26-10-25-16)27-12-3-4-14(23)15(24)5-12/h3-7,10-11,19-21H,8-9H2,1-2H3,(H,25,26,27)/t11-,19-,20+,21+/m1/s1. The number of nitrogens with zero attached hydrogens (tertiary/aromatic N) is 2. The van der Waals surface area contributed by atoms with Crippen LogP contribution in [0, 0.1) is 5.92 Å². The van der Waals surface area contributed by atoms with Crippen molar-refractivity contribution in [2.75, 3.05) is 25.6 Å². The average Bonchev–Trinajstić information content (AvgIpc) is 3.34. The van der Waals surface area contributed by atoms with E-state index in [4.69, 9.17) is 30.5 Å². The number of ether oxygens (including phenoxy) is 4. The number of halogens is 2. The smallest absolute Gasteiger partial charge is 0.164 e. The van der Waals surface area contributed by atoms with E-state index in [0.717, 1.165) is 21.1 Å². The van der Waals surface area contributed by atoms with Crippen LogP contribution in [0.2, 0.25) is 5.02 Å².